The van der Waals surface area contributed by atoms with Gasteiger partial charge in [0.15, 0.2) is 11.0 Å². The topological polar surface area (TPSA) is 89.6 Å². The van der Waals surface area contributed by atoms with Crippen LogP contribution in [0.1, 0.15) is 0 Å². The minimum atomic E-state index is -0.853. The predicted molar refractivity (Wildman–Crippen MR) is 85.5 cm³/mol. The molecule has 1 aliphatic rings. The molecule has 1 saturated heterocycles. The Bertz CT molecular complexity index is 678. The highest BCUT2D eigenvalue weighted by Gasteiger charge is 2.34. The van der Waals surface area contributed by atoms with Crippen molar-refractivity contribution >= 4 is 11.8 Å². The lowest BCUT2D eigenvalue weighted by Gasteiger charge is -2.13. The smallest absolute Gasteiger partial charge is 0.191 e. The molecule has 3 atom stereocenters. The molecule has 2 heterocycles. The molecule has 1 aromatic heterocycles. The van der Waals surface area contributed by atoms with Crippen molar-refractivity contribution in [1.29, 1.82) is 0 Å². The molecule has 124 valence electrons. The van der Waals surface area contributed by atoms with Gasteiger partial charge in [0.1, 0.15) is 18.0 Å². The van der Waals surface area contributed by atoms with Crippen molar-refractivity contribution in [2.75, 3.05) is 19.5 Å². The Morgan fingerprint density at radius 1 is 1.39 bits per heavy atom. The van der Waals surface area contributed by atoms with E-state index in [-0.39, 0.29) is 6.61 Å². The van der Waals surface area contributed by atoms with Crippen LogP contribution in [0.15, 0.2) is 29.4 Å². The third-order valence-electron chi connectivity index (χ3n) is 3.80. The number of hydrogen-bond acceptors (Lipinski definition) is 7. The molecular formula is C15H19N3O4S. The van der Waals surface area contributed by atoms with Crippen LogP contribution in [0.4, 0.5) is 0 Å². The van der Waals surface area contributed by atoms with Crippen LogP contribution in [0.3, 0.4) is 0 Å². The van der Waals surface area contributed by atoms with Crippen molar-refractivity contribution in [3.8, 4) is 17.1 Å². The Kier molecular flexibility index (Phi) is 4.86. The second kappa shape index (κ2) is 6.88. The van der Waals surface area contributed by atoms with Crippen LogP contribution >= 0.6 is 11.8 Å². The fourth-order valence-corrected chi connectivity index (χ4v) is 3.41. The summed E-state index contributed by atoms with van der Waals surface area (Å²) in [5.41, 5.74) is 0.916. The number of methoxy groups -OCH3 is 1. The zero-order valence-electron chi connectivity index (χ0n) is 12.9. The van der Waals surface area contributed by atoms with Gasteiger partial charge in [-0.25, -0.2) is 0 Å². The van der Waals surface area contributed by atoms with Gasteiger partial charge in [0.2, 0.25) is 0 Å². The summed E-state index contributed by atoms with van der Waals surface area (Å²) < 4.78 is 12.5. The summed E-state index contributed by atoms with van der Waals surface area (Å²) in [5.74, 6) is 2.00. The Hall–Kier alpha value is -1.61. The number of benzene rings is 1. The van der Waals surface area contributed by atoms with Gasteiger partial charge in [0, 0.05) is 18.4 Å². The van der Waals surface area contributed by atoms with Crippen molar-refractivity contribution in [2.24, 2.45) is 7.05 Å². The third kappa shape index (κ3) is 3.35. The first-order valence-electron chi connectivity index (χ1n) is 7.24. The lowest BCUT2D eigenvalue weighted by atomic mass is 10.2. The van der Waals surface area contributed by atoms with Crippen LogP contribution < -0.4 is 4.74 Å². The molecule has 1 fully saturated rings. The second-order valence-electron chi connectivity index (χ2n) is 5.34. The number of hydrogen-bond donors (Lipinski definition) is 2. The second-order valence-corrected chi connectivity index (χ2v) is 6.33. The predicted octanol–water partition coefficient (Wildman–Crippen LogP) is 0.703. The van der Waals surface area contributed by atoms with E-state index >= 15 is 0 Å². The number of rotatable bonds is 5. The van der Waals surface area contributed by atoms with Crippen LogP contribution in [-0.2, 0) is 11.8 Å². The maximum Gasteiger partial charge on any atom is 0.191 e. The molecule has 8 heteroatoms. The molecule has 0 spiro atoms. The van der Waals surface area contributed by atoms with Gasteiger partial charge in [-0.3, -0.25) is 0 Å². The van der Waals surface area contributed by atoms with Crippen molar-refractivity contribution in [3.05, 3.63) is 24.3 Å². The molecule has 1 aliphatic heterocycles. The van der Waals surface area contributed by atoms with E-state index < -0.39 is 18.3 Å². The van der Waals surface area contributed by atoms with E-state index in [4.69, 9.17) is 9.47 Å². The van der Waals surface area contributed by atoms with Gasteiger partial charge >= 0.3 is 0 Å². The van der Waals surface area contributed by atoms with Crippen LogP contribution in [-0.4, -0.2) is 62.8 Å². The highest BCUT2D eigenvalue weighted by Crippen LogP contribution is 2.27. The summed E-state index contributed by atoms with van der Waals surface area (Å²) in [6.45, 7) is 0.167. The van der Waals surface area contributed by atoms with E-state index in [0.717, 1.165) is 22.3 Å². The van der Waals surface area contributed by atoms with Crippen LogP contribution in [0.5, 0.6) is 5.75 Å². The largest absolute Gasteiger partial charge is 0.497 e. The number of aliphatic hydroxyl groups is 2. The highest BCUT2D eigenvalue weighted by atomic mass is 32.2. The molecule has 2 N–H and O–H groups in total. The molecule has 1 aromatic carbocycles. The summed E-state index contributed by atoms with van der Waals surface area (Å²) in [7, 11) is 3.51. The Balaban J connectivity index is 1.72. The molecule has 0 aliphatic carbocycles. The molecule has 3 rings (SSSR count). The van der Waals surface area contributed by atoms with E-state index in [1.54, 1.807) is 7.11 Å². The SMILES string of the molecule is COc1cccc(-c2nnc(SCC3OCC(O)C3O)n2C)c1. The van der Waals surface area contributed by atoms with E-state index in [9.17, 15) is 10.2 Å². The van der Waals surface area contributed by atoms with Gasteiger partial charge in [-0.2, -0.15) is 0 Å². The quantitative estimate of drug-likeness (QED) is 0.776. The van der Waals surface area contributed by atoms with Gasteiger partial charge in [0.25, 0.3) is 0 Å². The average molecular weight is 337 g/mol. The minimum Gasteiger partial charge on any atom is -0.497 e. The standard InChI is InChI=1S/C15H19N3O4S/c1-18-14(9-4-3-5-10(6-9)21-2)16-17-15(18)23-8-12-13(20)11(19)7-22-12/h3-6,11-13,19-20H,7-8H2,1-2H3. The van der Waals surface area contributed by atoms with Gasteiger partial charge in [-0.1, -0.05) is 23.9 Å². The Morgan fingerprint density at radius 2 is 2.22 bits per heavy atom. The van der Waals surface area contributed by atoms with Gasteiger partial charge in [-0.05, 0) is 12.1 Å². The average Bonchev–Trinajstić information content (AvgIpc) is 3.09. The zero-order chi connectivity index (χ0) is 16.4. The highest BCUT2D eigenvalue weighted by molar-refractivity contribution is 7.99. The number of ether oxygens (including phenoxy) is 2. The minimum absolute atomic E-state index is 0.167. The van der Waals surface area contributed by atoms with Gasteiger partial charge in [0.05, 0.1) is 19.8 Å². The molecule has 23 heavy (non-hydrogen) atoms. The zero-order valence-corrected chi connectivity index (χ0v) is 13.7. The molecule has 0 amide bonds. The summed E-state index contributed by atoms with van der Waals surface area (Å²) in [6, 6.07) is 7.62. The van der Waals surface area contributed by atoms with Crippen molar-refractivity contribution < 1.29 is 19.7 Å². The molecule has 0 saturated carbocycles. The maximum absolute atomic E-state index is 9.80. The molecule has 7 nitrogen and oxygen atoms in total. The van der Waals surface area contributed by atoms with Gasteiger partial charge in [-0.15, -0.1) is 10.2 Å². The van der Waals surface area contributed by atoms with Crippen molar-refractivity contribution in [2.45, 2.75) is 23.5 Å². The Morgan fingerprint density at radius 3 is 2.91 bits per heavy atom. The Labute approximate surface area is 138 Å². The van der Waals surface area contributed by atoms with Crippen LogP contribution in [0, 0.1) is 0 Å². The molecule has 2 aromatic rings. The monoisotopic (exact) mass is 337 g/mol. The van der Waals surface area contributed by atoms with Crippen LogP contribution in [0.2, 0.25) is 0 Å². The maximum atomic E-state index is 9.80. The number of aromatic nitrogens is 3. The fourth-order valence-electron chi connectivity index (χ4n) is 2.42. The van der Waals surface area contributed by atoms with Gasteiger partial charge < -0.3 is 24.3 Å². The van der Waals surface area contributed by atoms with E-state index in [1.165, 1.54) is 11.8 Å². The normalized spacial score (nSPS) is 24.1. The molecule has 0 radical (unpaired) electrons. The third-order valence-corrected chi connectivity index (χ3v) is 4.90. The van der Waals surface area contributed by atoms with E-state index in [2.05, 4.69) is 10.2 Å². The molecule has 0 bridgehead atoms. The van der Waals surface area contributed by atoms with E-state index in [0.29, 0.717) is 5.75 Å². The summed E-state index contributed by atoms with van der Waals surface area (Å²) in [6.07, 6.45) is -2.06. The lowest BCUT2D eigenvalue weighted by molar-refractivity contribution is 0.0337. The van der Waals surface area contributed by atoms with Crippen molar-refractivity contribution in [1.82, 2.24) is 14.8 Å². The molecule has 3 unspecified atom stereocenters. The summed E-state index contributed by atoms with van der Waals surface area (Å²) >= 11 is 1.44. The first-order chi connectivity index (χ1) is 11.1. The number of thioether (sulfide) groups is 1. The summed E-state index contributed by atoms with van der Waals surface area (Å²) in [5, 5.41) is 28.4. The summed E-state index contributed by atoms with van der Waals surface area (Å²) in [4.78, 5) is 0. The lowest BCUT2D eigenvalue weighted by Crippen LogP contribution is -2.31. The first-order valence-corrected chi connectivity index (χ1v) is 8.23. The van der Waals surface area contributed by atoms with E-state index in [1.807, 2.05) is 35.9 Å². The number of aliphatic hydroxyl groups excluding tert-OH is 2. The molecular weight excluding hydrogens is 318 g/mol. The first kappa shape index (κ1) is 16.3. The number of nitrogens with zero attached hydrogens (tertiary/aromatic N) is 3. The van der Waals surface area contributed by atoms with Crippen molar-refractivity contribution in [3.63, 3.8) is 0 Å². The van der Waals surface area contributed by atoms with Crippen LogP contribution in [0.25, 0.3) is 11.4 Å². The fraction of sp³-hybridized carbons (Fsp3) is 0.467.